The molecule has 1 saturated carbocycles. The van der Waals surface area contributed by atoms with Crippen LogP contribution in [0.5, 0.6) is 0 Å². The second-order valence-corrected chi connectivity index (χ2v) is 6.81. The standard InChI is InChI=1S/C19H30N2/c1-2-3-9-19(16-7-5-4-6-8-16)20-17-12-14-21(15-13-17)18-10-11-18/h4-8,17-20H,2-3,9-15H2,1H3. The first-order chi connectivity index (χ1) is 10.4. The third-order valence-electron chi connectivity index (χ3n) is 5.08. The number of rotatable bonds is 7. The van der Waals surface area contributed by atoms with Gasteiger partial charge in [0.05, 0.1) is 0 Å². The zero-order valence-corrected chi connectivity index (χ0v) is 13.4. The quantitative estimate of drug-likeness (QED) is 0.810. The van der Waals surface area contributed by atoms with Gasteiger partial charge < -0.3 is 10.2 Å². The molecule has 2 heteroatoms. The molecule has 1 aliphatic heterocycles. The van der Waals surface area contributed by atoms with Crippen molar-refractivity contribution in [2.75, 3.05) is 13.1 Å². The highest BCUT2D eigenvalue weighted by Gasteiger charge is 2.32. The minimum atomic E-state index is 0.545. The SMILES string of the molecule is CCCCC(NC1CCN(C2CC2)CC1)c1ccccc1. The summed E-state index contributed by atoms with van der Waals surface area (Å²) < 4.78 is 0. The Balaban J connectivity index is 1.54. The average Bonchev–Trinajstić information content (AvgIpc) is 3.38. The number of unbranched alkanes of at least 4 members (excludes halogenated alkanes) is 1. The lowest BCUT2D eigenvalue weighted by atomic mass is 9.97. The van der Waals surface area contributed by atoms with Crippen LogP contribution in [0.2, 0.25) is 0 Å². The number of hydrogen-bond acceptors (Lipinski definition) is 2. The Morgan fingerprint density at radius 1 is 1.10 bits per heavy atom. The summed E-state index contributed by atoms with van der Waals surface area (Å²) in [6, 6.07) is 13.2. The van der Waals surface area contributed by atoms with Crippen molar-refractivity contribution in [1.82, 2.24) is 10.2 Å². The summed E-state index contributed by atoms with van der Waals surface area (Å²) in [5.74, 6) is 0. The molecule has 0 bridgehead atoms. The van der Waals surface area contributed by atoms with Crippen molar-refractivity contribution in [3.63, 3.8) is 0 Å². The van der Waals surface area contributed by atoms with Crippen LogP contribution in [-0.4, -0.2) is 30.1 Å². The van der Waals surface area contributed by atoms with Gasteiger partial charge in [0.25, 0.3) is 0 Å². The highest BCUT2D eigenvalue weighted by Crippen LogP contribution is 2.30. The van der Waals surface area contributed by atoms with Crippen LogP contribution >= 0.6 is 0 Å². The van der Waals surface area contributed by atoms with Crippen LogP contribution in [-0.2, 0) is 0 Å². The first-order valence-electron chi connectivity index (χ1n) is 8.92. The Morgan fingerprint density at radius 2 is 1.81 bits per heavy atom. The summed E-state index contributed by atoms with van der Waals surface area (Å²) in [5.41, 5.74) is 1.47. The Hall–Kier alpha value is -0.860. The maximum Gasteiger partial charge on any atom is 0.0322 e. The lowest BCUT2D eigenvalue weighted by Crippen LogP contribution is -2.44. The van der Waals surface area contributed by atoms with E-state index in [0.29, 0.717) is 12.1 Å². The normalized spacial score (nSPS) is 22.3. The van der Waals surface area contributed by atoms with Gasteiger partial charge in [0.2, 0.25) is 0 Å². The summed E-state index contributed by atoms with van der Waals surface area (Å²) in [7, 11) is 0. The molecule has 0 spiro atoms. The molecule has 2 aliphatic rings. The van der Waals surface area contributed by atoms with Gasteiger partial charge in [-0.2, -0.15) is 0 Å². The molecule has 1 aromatic rings. The van der Waals surface area contributed by atoms with Gasteiger partial charge in [-0.15, -0.1) is 0 Å². The molecular weight excluding hydrogens is 256 g/mol. The van der Waals surface area contributed by atoms with E-state index in [-0.39, 0.29) is 0 Å². The van der Waals surface area contributed by atoms with Crippen molar-refractivity contribution in [3.05, 3.63) is 35.9 Å². The van der Waals surface area contributed by atoms with Crippen LogP contribution in [0, 0.1) is 0 Å². The van der Waals surface area contributed by atoms with Crippen LogP contribution in [0.25, 0.3) is 0 Å². The van der Waals surface area contributed by atoms with Crippen LogP contribution < -0.4 is 5.32 Å². The lowest BCUT2D eigenvalue weighted by Gasteiger charge is -2.35. The Kier molecular flexibility index (Phi) is 5.32. The predicted molar refractivity (Wildman–Crippen MR) is 89.5 cm³/mol. The fourth-order valence-corrected chi connectivity index (χ4v) is 3.60. The average molecular weight is 286 g/mol. The number of hydrogen-bond donors (Lipinski definition) is 1. The lowest BCUT2D eigenvalue weighted by molar-refractivity contribution is 0.181. The van der Waals surface area contributed by atoms with E-state index in [1.54, 1.807) is 0 Å². The van der Waals surface area contributed by atoms with Crippen LogP contribution in [0.1, 0.15) is 63.5 Å². The molecule has 1 N–H and O–H groups in total. The number of piperidine rings is 1. The van der Waals surface area contributed by atoms with Crippen molar-refractivity contribution in [2.45, 2.75) is 70.0 Å². The molecular formula is C19H30N2. The van der Waals surface area contributed by atoms with E-state index in [0.717, 1.165) is 6.04 Å². The third-order valence-corrected chi connectivity index (χ3v) is 5.08. The number of nitrogens with zero attached hydrogens (tertiary/aromatic N) is 1. The fraction of sp³-hybridized carbons (Fsp3) is 0.684. The third kappa shape index (κ3) is 4.31. The first-order valence-corrected chi connectivity index (χ1v) is 8.92. The van der Waals surface area contributed by atoms with Gasteiger partial charge in [-0.3, -0.25) is 0 Å². The van der Waals surface area contributed by atoms with Gasteiger partial charge >= 0.3 is 0 Å². The van der Waals surface area contributed by atoms with Crippen LogP contribution in [0.15, 0.2) is 30.3 Å². The molecule has 21 heavy (non-hydrogen) atoms. The summed E-state index contributed by atoms with van der Waals surface area (Å²) in [6.07, 6.45) is 9.41. The molecule has 116 valence electrons. The monoisotopic (exact) mass is 286 g/mol. The topological polar surface area (TPSA) is 15.3 Å². The first kappa shape index (κ1) is 15.1. The number of benzene rings is 1. The number of likely N-dealkylation sites (tertiary alicyclic amines) is 1. The molecule has 0 aromatic heterocycles. The van der Waals surface area contributed by atoms with Crippen LogP contribution in [0.4, 0.5) is 0 Å². The molecule has 1 unspecified atom stereocenters. The van der Waals surface area contributed by atoms with Crippen molar-refractivity contribution in [3.8, 4) is 0 Å². The molecule has 2 nitrogen and oxygen atoms in total. The molecule has 1 aromatic carbocycles. The highest BCUT2D eigenvalue weighted by atomic mass is 15.2. The summed E-state index contributed by atoms with van der Waals surface area (Å²) in [4.78, 5) is 2.71. The minimum Gasteiger partial charge on any atom is -0.307 e. The van der Waals surface area contributed by atoms with Gasteiger partial charge in [-0.1, -0.05) is 50.1 Å². The van der Waals surface area contributed by atoms with Gasteiger partial charge in [0, 0.05) is 18.1 Å². The van der Waals surface area contributed by atoms with E-state index in [1.165, 1.54) is 63.6 Å². The minimum absolute atomic E-state index is 0.545. The predicted octanol–water partition coefficient (Wildman–Crippen LogP) is 4.13. The number of nitrogens with one attached hydrogen (secondary N) is 1. The second-order valence-electron chi connectivity index (χ2n) is 6.81. The molecule has 2 fully saturated rings. The Morgan fingerprint density at radius 3 is 2.43 bits per heavy atom. The van der Waals surface area contributed by atoms with Gasteiger partial charge in [-0.25, -0.2) is 0 Å². The Labute approximate surface area is 129 Å². The van der Waals surface area contributed by atoms with E-state index in [9.17, 15) is 0 Å². The van der Waals surface area contributed by atoms with E-state index < -0.39 is 0 Å². The molecule has 1 atom stereocenters. The summed E-state index contributed by atoms with van der Waals surface area (Å²) >= 11 is 0. The van der Waals surface area contributed by atoms with Crippen molar-refractivity contribution in [1.29, 1.82) is 0 Å². The highest BCUT2D eigenvalue weighted by molar-refractivity contribution is 5.19. The van der Waals surface area contributed by atoms with Gasteiger partial charge in [0.15, 0.2) is 0 Å². The van der Waals surface area contributed by atoms with Crippen molar-refractivity contribution >= 4 is 0 Å². The van der Waals surface area contributed by atoms with Crippen molar-refractivity contribution < 1.29 is 0 Å². The second kappa shape index (κ2) is 7.42. The van der Waals surface area contributed by atoms with E-state index >= 15 is 0 Å². The zero-order chi connectivity index (χ0) is 14.5. The van der Waals surface area contributed by atoms with Gasteiger partial charge in [0.1, 0.15) is 0 Å². The van der Waals surface area contributed by atoms with E-state index in [1.807, 2.05) is 0 Å². The summed E-state index contributed by atoms with van der Waals surface area (Å²) in [6.45, 7) is 4.89. The van der Waals surface area contributed by atoms with E-state index in [4.69, 9.17) is 0 Å². The molecule has 1 aliphatic carbocycles. The van der Waals surface area contributed by atoms with Crippen molar-refractivity contribution in [2.24, 2.45) is 0 Å². The van der Waals surface area contributed by atoms with Gasteiger partial charge in [-0.05, 0) is 50.8 Å². The molecule has 1 saturated heterocycles. The molecule has 3 rings (SSSR count). The Bertz CT molecular complexity index is 405. The molecule has 0 amide bonds. The molecule has 0 radical (unpaired) electrons. The summed E-state index contributed by atoms with van der Waals surface area (Å²) in [5, 5.41) is 3.96. The van der Waals surface area contributed by atoms with Crippen LogP contribution in [0.3, 0.4) is 0 Å². The molecule has 1 heterocycles. The maximum atomic E-state index is 3.96. The zero-order valence-electron chi connectivity index (χ0n) is 13.4. The largest absolute Gasteiger partial charge is 0.307 e. The van der Waals surface area contributed by atoms with E-state index in [2.05, 4.69) is 47.5 Å². The fourth-order valence-electron chi connectivity index (χ4n) is 3.60. The maximum absolute atomic E-state index is 3.96. The smallest absolute Gasteiger partial charge is 0.0322 e.